The Kier molecular flexibility index (Phi) is 63.0. The van der Waals surface area contributed by atoms with Gasteiger partial charge in [-0.1, -0.05) is 0 Å². The molecule has 0 atom stereocenters. The Morgan fingerprint density at radius 2 is 0.727 bits per heavy atom. The van der Waals surface area contributed by atoms with Crippen molar-refractivity contribution >= 4 is 18.3 Å². The molecule has 0 aromatic carbocycles. The first-order valence-electron chi connectivity index (χ1n) is 1.30. The molecular weight excluding hydrogens is 232 g/mol. The van der Waals surface area contributed by atoms with Crippen LogP contribution >= 0.6 is 0 Å². The Morgan fingerprint density at radius 1 is 0.727 bits per heavy atom. The molecule has 11 heteroatoms. The quantitative estimate of drug-likeness (QED) is 0.308. The van der Waals surface area contributed by atoms with Crippen molar-refractivity contribution in [2.24, 2.45) is 0 Å². The molecule has 0 rings (SSSR count). The Morgan fingerprint density at radius 3 is 0.727 bits per heavy atom. The molecule has 0 unspecified atom stereocenters. The van der Waals surface area contributed by atoms with E-state index in [1.807, 2.05) is 0 Å². The smallest absolute Gasteiger partial charge is 0.511 e. The minimum absolute atomic E-state index is 0. The van der Waals surface area contributed by atoms with Crippen LogP contribution in [-0.4, -0.2) is 48.5 Å². The predicted molar refractivity (Wildman–Crippen MR) is 29.0 cm³/mol. The predicted octanol–water partition coefficient (Wildman–Crippen LogP) is -4.88. The molecule has 8 nitrogen and oxygen atoms in total. The maximum atomic E-state index is 8.74. The zero-order chi connectivity index (χ0) is 7.15. The van der Waals surface area contributed by atoms with E-state index in [4.69, 9.17) is 28.1 Å². The van der Waals surface area contributed by atoms with Gasteiger partial charge < -0.3 is 30.1 Å². The molecule has 0 heterocycles. The maximum Gasteiger partial charge on any atom is 0.761 e. The Labute approximate surface area is 79.4 Å². The minimum Gasteiger partial charge on any atom is -0.511 e. The fraction of sp³-hybridized carbons (Fsp3) is 0. The molecule has 0 aromatic rings. The second-order valence-electron chi connectivity index (χ2n) is 0.565. The van der Waals surface area contributed by atoms with Crippen LogP contribution in [0.1, 0.15) is 0 Å². The van der Waals surface area contributed by atoms with Crippen molar-refractivity contribution in [1.29, 1.82) is 0 Å². The van der Waals surface area contributed by atoms with Gasteiger partial charge in [0.2, 0.25) is 0 Å². The number of rotatable bonds is 0. The average molecular weight is 240 g/mol. The van der Waals surface area contributed by atoms with Crippen LogP contribution < -0.4 is 0 Å². The van der Waals surface area contributed by atoms with E-state index in [9.17, 15) is 0 Å². The normalized spacial score (nSPS) is 4.36. The zero-order valence-corrected chi connectivity index (χ0v) is 8.67. The zero-order valence-electron chi connectivity index (χ0n) is 5.11. The number of hydrogen-bond acceptors (Lipinski definition) is 2. The van der Waals surface area contributed by atoms with Gasteiger partial charge in [-0.3, -0.25) is 8.92 Å². The van der Waals surface area contributed by atoms with Gasteiger partial charge in [0.25, 0.3) is 0 Å². The second-order valence-corrected chi connectivity index (χ2v) is 1.70. The summed E-state index contributed by atoms with van der Waals surface area (Å²) >= 11 is 0. The summed E-state index contributed by atoms with van der Waals surface area (Å²) in [6.07, 6.45) is 0. The van der Waals surface area contributed by atoms with E-state index in [0.717, 1.165) is 0 Å². The van der Waals surface area contributed by atoms with Crippen molar-refractivity contribution in [2.75, 3.05) is 0 Å². The van der Waals surface area contributed by atoms with Crippen LogP contribution in [-0.2, 0) is 30.6 Å². The van der Waals surface area contributed by atoms with Crippen LogP contribution in [0.2, 0.25) is 0 Å². The molecule has 0 saturated heterocycles. The summed E-state index contributed by atoms with van der Waals surface area (Å²) in [6.45, 7) is 0. The third-order valence-corrected chi connectivity index (χ3v) is 0. The van der Waals surface area contributed by atoms with Crippen LogP contribution in [0.25, 0.3) is 0 Å². The molecule has 0 amide bonds. The SMILES string of the molecule is O.O.O=[Si](O)O.O=[Si](O)O.[Ti]. The van der Waals surface area contributed by atoms with E-state index >= 15 is 0 Å². The summed E-state index contributed by atoms with van der Waals surface area (Å²) in [5, 5.41) is 0. The molecule has 68 valence electrons. The van der Waals surface area contributed by atoms with Crippen LogP contribution in [0.5, 0.6) is 0 Å². The second kappa shape index (κ2) is 22.5. The standard InChI is InChI=1S/2H2O3Si.2H2O.Ti/c2*1-4(2)3;;;/h2*1-2H;2*1H2;. The Balaban J connectivity index is -0.0000000171. The van der Waals surface area contributed by atoms with Gasteiger partial charge >= 0.3 is 18.3 Å². The van der Waals surface area contributed by atoms with E-state index in [0.29, 0.717) is 0 Å². The van der Waals surface area contributed by atoms with Crippen LogP contribution in [0.15, 0.2) is 0 Å². The molecule has 0 saturated carbocycles. The first-order chi connectivity index (χ1) is 3.46. The average Bonchev–Trinajstić information content (AvgIpc) is 1.25. The molecule has 11 heavy (non-hydrogen) atoms. The van der Waals surface area contributed by atoms with Gasteiger partial charge in [0, 0.05) is 21.7 Å². The van der Waals surface area contributed by atoms with Gasteiger partial charge in [0.1, 0.15) is 0 Å². The fourth-order valence-corrected chi connectivity index (χ4v) is 0. The van der Waals surface area contributed by atoms with E-state index in [-0.39, 0.29) is 32.7 Å². The van der Waals surface area contributed by atoms with Crippen LogP contribution in [0.3, 0.4) is 0 Å². The van der Waals surface area contributed by atoms with Crippen molar-refractivity contribution in [1.82, 2.24) is 0 Å². The molecule has 0 aliphatic heterocycles. The third-order valence-electron chi connectivity index (χ3n) is 0. The van der Waals surface area contributed by atoms with Crippen molar-refractivity contribution < 1.29 is 60.8 Å². The van der Waals surface area contributed by atoms with Crippen LogP contribution in [0, 0.1) is 0 Å². The Hall–Kier alpha value is -0.132. The monoisotopic (exact) mass is 240 g/mol. The van der Waals surface area contributed by atoms with Gasteiger partial charge in [-0.15, -0.1) is 0 Å². The summed E-state index contributed by atoms with van der Waals surface area (Å²) in [6, 6.07) is 0. The molecule has 8 N–H and O–H groups in total. The summed E-state index contributed by atoms with van der Waals surface area (Å²) in [5.41, 5.74) is 0. The van der Waals surface area contributed by atoms with Gasteiger partial charge in [-0.05, 0) is 0 Å². The van der Waals surface area contributed by atoms with Crippen molar-refractivity contribution in [3.63, 3.8) is 0 Å². The summed E-state index contributed by atoms with van der Waals surface area (Å²) in [7, 11) is -6.26. The molecular formula is H8O8Si2Ti. The number of hydrogen-bond donors (Lipinski definition) is 4. The molecule has 0 radical (unpaired) electrons. The molecule has 0 bridgehead atoms. The van der Waals surface area contributed by atoms with Crippen molar-refractivity contribution in [3.05, 3.63) is 0 Å². The van der Waals surface area contributed by atoms with Gasteiger partial charge in [-0.25, -0.2) is 0 Å². The fourth-order valence-electron chi connectivity index (χ4n) is 0. The molecule has 0 aromatic heterocycles. The minimum atomic E-state index is -3.13. The third kappa shape index (κ3) is 35100. The maximum absolute atomic E-state index is 8.74. The van der Waals surface area contributed by atoms with Gasteiger partial charge in [0.15, 0.2) is 0 Å². The largest absolute Gasteiger partial charge is 0.761 e. The summed E-state index contributed by atoms with van der Waals surface area (Å²) in [4.78, 5) is 28.6. The molecule has 0 aliphatic rings. The topological polar surface area (TPSA) is 178 Å². The van der Waals surface area contributed by atoms with E-state index in [1.54, 1.807) is 0 Å². The first kappa shape index (κ1) is 30.7. The van der Waals surface area contributed by atoms with E-state index in [1.165, 1.54) is 0 Å². The van der Waals surface area contributed by atoms with Gasteiger partial charge in [0.05, 0.1) is 0 Å². The molecule has 0 spiro atoms. The summed E-state index contributed by atoms with van der Waals surface area (Å²) in [5.74, 6) is 0. The molecule has 0 aliphatic carbocycles. The van der Waals surface area contributed by atoms with E-state index in [2.05, 4.69) is 0 Å². The van der Waals surface area contributed by atoms with E-state index < -0.39 is 18.3 Å². The van der Waals surface area contributed by atoms with Crippen molar-refractivity contribution in [2.45, 2.75) is 0 Å². The first-order valence-corrected chi connectivity index (χ1v) is 3.91. The molecule has 0 fully saturated rings. The van der Waals surface area contributed by atoms with Crippen LogP contribution in [0.4, 0.5) is 0 Å². The summed E-state index contributed by atoms with van der Waals surface area (Å²) < 4.78 is 17.5. The Bertz CT molecular complexity index is 70.1. The van der Waals surface area contributed by atoms with Crippen molar-refractivity contribution in [3.8, 4) is 0 Å². The van der Waals surface area contributed by atoms with Gasteiger partial charge in [-0.2, -0.15) is 0 Å².